The molecule has 0 fully saturated rings. The van der Waals surface area contributed by atoms with Crippen LogP contribution in [0.2, 0.25) is 0 Å². The lowest BCUT2D eigenvalue weighted by atomic mass is 9.87. The fourth-order valence-corrected chi connectivity index (χ4v) is 2.43. The molecule has 4 nitrogen and oxygen atoms in total. The van der Waals surface area contributed by atoms with Gasteiger partial charge in [-0.1, -0.05) is 39.0 Å². The molecule has 0 saturated carbocycles. The van der Waals surface area contributed by atoms with Gasteiger partial charge in [0.1, 0.15) is 0 Å². The zero-order valence-corrected chi connectivity index (χ0v) is 14.1. The highest BCUT2D eigenvalue weighted by Crippen LogP contribution is 2.32. The first kappa shape index (κ1) is 16.1. The number of fused-ring (bicyclic) bond motifs is 1. The van der Waals surface area contributed by atoms with Gasteiger partial charge in [-0.3, -0.25) is 4.79 Å². The van der Waals surface area contributed by atoms with Crippen LogP contribution in [-0.4, -0.2) is 12.7 Å². The molecule has 0 bridgehead atoms. The molecular formula is C20H21NO3. The summed E-state index contributed by atoms with van der Waals surface area (Å²) in [5.74, 6) is 1.27. The first-order valence-electron chi connectivity index (χ1n) is 7.91. The minimum absolute atomic E-state index is 0.0990. The van der Waals surface area contributed by atoms with E-state index in [-0.39, 0.29) is 18.1 Å². The maximum Gasteiger partial charge on any atom is 0.248 e. The van der Waals surface area contributed by atoms with Gasteiger partial charge in [-0.05, 0) is 46.9 Å². The zero-order valence-electron chi connectivity index (χ0n) is 14.1. The molecule has 0 aromatic heterocycles. The smallest absolute Gasteiger partial charge is 0.248 e. The largest absolute Gasteiger partial charge is 0.454 e. The van der Waals surface area contributed by atoms with Crippen LogP contribution in [0.4, 0.5) is 5.69 Å². The van der Waals surface area contributed by atoms with Gasteiger partial charge in [0, 0.05) is 11.8 Å². The minimum Gasteiger partial charge on any atom is -0.454 e. The molecule has 124 valence electrons. The van der Waals surface area contributed by atoms with E-state index in [1.807, 2.05) is 42.5 Å². The Hall–Kier alpha value is -2.75. The molecule has 1 heterocycles. The van der Waals surface area contributed by atoms with Crippen LogP contribution in [0.25, 0.3) is 6.08 Å². The van der Waals surface area contributed by atoms with E-state index in [1.54, 1.807) is 6.08 Å². The van der Waals surface area contributed by atoms with Crippen molar-refractivity contribution in [3.05, 3.63) is 59.7 Å². The van der Waals surface area contributed by atoms with E-state index in [1.165, 1.54) is 11.6 Å². The lowest BCUT2D eigenvalue weighted by Gasteiger charge is -2.19. The standard InChI is InChI=1S/C20H21NO3/c1-20(2,3)15-6-8-16(9-7-15)21-19(22)11-5-14-4-10-17-18(12-14)24-13-23-17/h4-12H,13H2,1-3H3,(H,21,22)/b11-5+. The molecule has 0 saturated heterocycles. The van der Waals surface area contributed by atoms with Crippen molar-refractivity contribution in [3.63, 3.8) is 0 Å². The third-order valence-corrected chi connectivity index (χ3v) is 3.84. The molecule has 4 heteroatoms. The fourth-order valence-electron chi connectivity index (χ4n) is 2.43. The maximum absolute atomic E-state index is 12.0. The number of nitrogens with one attached hydrogen (secondary N) is 1. The second kappa shape index (κ2) is 6.40. The van der Waals surface area contributed by atoms with Gasteiger partial charge in [0.15, 0.2) is 11.5 Å². The lowest BCUT2D eigenvalue weighted by Crippen LogP contribution is -2.12. The Morgan fingerprint density at radius 2 is 1.75 bits per heavy atom. The Labute approximate surface area is 142 Å². The second-order valence-corrected chi connectivity index (χ2v) is 6.76. The normalized spacial score (nSPS) is 13.3. The van der Waals surface area contributed by atoms with E-state index < -0.39 is 0 Å². The number of carbonyl (C=O) groups is 1. The number of rotatable bonds is 3. The van der Waals surface area contributed by atoms with Crippen molar-refractivity contribution >= 4 is 17.7 Å². The molecule has 2 aromatic rings. The van der Waals surface area contributed by atoms with Crippen molar-refractivity contribution in [2.75, 3.05) is 12.1 Å². The molecule has 0 unspecified atom stereocenters. The summed E-state index contributed by atoms with van der Waals surface area (Å²) in [5, 5.41) is 2.86. The van der Waals surface area contributed by atoms with Gasteiger partial charge in [-0.25, -0.2) is 0 Å². The van der Waals surface area contributed by atoms with Crippen LogP contribution < -0.4 is 14.8 Å². The Morgan fingerprint density at radius 1 is 1.04 bits per heavy atom. The van der Waals surface area contributed by atoms with Crippen LogP contribution in [0.5, 0.6) is 11.5 Å². The molecule has 1 aliphatic heterocycles. The number of amides is 1. The van der Waals surface area contributed by atoms with Crippen molar-refractivity contribution in [1.82, 2.24) is 0 Å². The topological polar surface area (TPSA) is 47.6 Å². The minimum atomic E-state index is -0.170. The Morgan fingerprint density at radius 3 is 2.46 bits per heavy atom. The van der Waals surface area contributed by atoms with Gasteiger partial charge in [0.05, 0.1) is 0 Å². The van der Waals surface area contributed by atoms with Crippen LogP contribution in [0.3, 0.4) is 0 Å². The number of carbonyl (C=O) groups excluding carboxylic acids is 1. The first-order valence-corrected chi connectivity index (χ1v) is 7.91. The molecule has 0 atom stereocenters. The molecule has 0 radical (unpaired) electrons. The van der Waals surface area contributed by atoms with Crippen molar-refractivity contribution < 1.29 is 14.3 Å². The quantitative estimate of drug-likeness (QED) is 0.854. The third-order valence-electron chi connectivity index (χ3n) is 3.84. The molecular weight excluding hydrogens is 302 g/mol. The highest BCUT2D eigenvalue weighted by Gasteiger charge is 2.13. The maximum atomic E-state index is 12.0. The van der Waals surface area contributed by atoms with E-state index >= 15 is 0 Å². The van der Waals surface area contributed by atoms with Crippen LogP contribution in [0, 0.1) is 0 Å². The summed E-state index contributed by atoms with van der Waals surface area (Å²) in [4.78, 5) is 12.0. The van der Waals surface area contributed by atoms with Crippen LogP contribution in [0.15, 0.2) is 48.5 Å². The molecule has 0 spiro atoms. The summed E-state index contributed by atoms with van der Waals surface area (Å²) in [5.41, 5.74) is 3.00. The van der Waals surface area contributed by atoms with Crippen molar-refractivity contribution in [2.24, 2.45) is 0 Å². The van der Waals surface area contributed by atoms with E-state index in [0.717, 1.165) is 17.0 Å². The number of ether oxygens (including phenoxy) is 2. The van der Waals surface area contributed by atoms with E-state index in [0.29, 0.717) is 5.75 Å². The Balaban J connectivity index is 1.63. The molecule has 2 aromatic carbocycles. The monoisotopic (exact) mass is 323 g/mol. The van der Waals surface area contributed by atoms with Crippen molar-refractivity contribution in [1.29, 1.82) is 0 Å². The lowest BCUT2D eigenvalue weighted by molar-refractivity contribution is -0.111. The van der Waals surface area contributed by atoms with Gasteiger partial charge in [0.2, 0.25) is 12.7 Å². The fraction of sp³-hybridized carbons (Fsp3) is 0.250. The van der Waals surface area contributed by atoms with Gasteiger partial charge in [-0.2, -0.15) is 0 Å². The molecule has 3 rings (SSSR count). The Bertz CT molecular complexity index is 770. The number of anilines is 1. The summed E-state index contributed by atoms with van der Waals surface area (Å²) < 4.78 is 10.6. The highest BCUT2D eigenvalue weighted by molar-refractivity contribution is 6.01. The molecule has 1 aliphatic rings. The SMILES string of the molecule is CC(C)(C)c1ccc(NC(=O)/C=C/c2ccc3c(c2)OCO3)cc1. The van der Waals surface area contributed by atoms with Crippen molar-refractivity contribution in [3.8, 4) is 11.5 Å². The average Bonchev–Trinajstić information content (AvgIpc) is 3.00. The van der Waals surface area contributed by atoms with Crippen LogP contribution in [0.1, 0.15) is 31.9 Å². The van der Waals surface area contributed by atoms with Gasteiger partial charge in [-0.15, -0.1) is 0 Å². The summed E-state index contributed by atoms with van der Waals surface area (Å²) in [6.45, 7) is 6.73. The van der Waals surface area contributed by atoms with Gasteiger partial charge >= 0.3 is 0 Å². The zero-order chi connectivity index (χ0) is 17.2. The number of hydrogen-bond acceptors (Lipinski definition) is 3. The molecule has 24 heavy (non-hydrogen) atoms. The number of benzene rings is 2. The summed E-state index contributed by atoms with van der Waals surface area (Å²) in [6.07, 6.45) is 3.26. The predicted molar refractivity (Wildman–Crippen MR) is 95.4 cm³/mol. The van der Waals surface area contributed by atoms with E-state index in [9.17, 15) is 4.79 Å². The van der Waals surface area contributed by atoms with Gasteiger partial charge in [0.25, 0.3) is 0 Å². The number of hydrogen-bond donors (Lipinski definition) is 1. The first-order chi connectivity index (χ1) is 11.4. The van der Waals surface area contributed by atoms with Crippen molar-refractivity contribution in [2.45, 2.75) is 26.2 Å². The van der Waals surface area contributed by atoms with Crippen LogP contribution >= 0.6 is 0 Å². The van der Waals surface area contributed by atoms with E-state index in [2.05, 4.69) is 26.1 Å². The molecule has 1 amide bonds. The third kappa shape index (κ3) is 3.77. The highest BCUT2D eigenvalue weighted by atomic mass is 16.7. The van der Waals surface area contributed by atoms with E-state index in [4.69, 9.17) is 9.47 Å². The summed E-state index contributed by atoms with van der Waals surface area (Å²) in [7, 11) is 0. The predicted octanol–water partition coefficient (Wildman–Crippen LogP) is 4.36. The van der Waals surface area contributed by atoms with Gasteiger partial charge < -0.3 is 14.8 Å². The molecule has 0 aliphatic carbocycles. The molecule has 1 N–H and O–H groups in total. The van der Waals surface area contributed by atoms with Crippen LogP contribution in [-0.2, 0) is 10.2 Å². The average molecular weight is 323 g/mol. The summed E-state index contributed by atoms with van der Waals surface area (Å²) in [6, 6.07) is 13.5. The Kier molecular flexibility index (Phi) is 4.30. The summed E-state index contributed by atoms with van der Waals surface area (Å²) >= 11 is 0. The second-order valence-electron chi connectivity index (χ2n) is 6.76.